The summed E-state index contributed by atoms with van der Waals surface area (Å²) in [7, 11) is 1.70. The zero-order chi connectivity index (χ0) is 19.1. The molecule has 0 unspecified atom stereocenters. The first-order chi connectivity index (χ1) is 13.5. The molecule has 1 aromatic carbocycles. The van der Waals surface area contributed by atoms with Crippen LogP contribution >= 0.6 is 0 Å². The number of hydrogen-bond acceptors (Lipinski definition) is 5. The van der Waals surface area contributed by atoms with E-state index in [2.05, 4.69) is 22.2 Å². The highest BCUT2D eigenvalue weighted by Crippen LogP contribution is 2.67. The van der Waals surface area contributed by atoms with Crippen LogP contribution in [0.25, 0.3) is 0 Å². The molecule has 28 heavy (non-hydrogen) atoms. The first-order valence-electron chi connectivity index (χ1n) is 10.9. The molecule has 0 radical (unpaired) electrons. The standard InChI is InChI=1S/C23H30N2O3/c1-28-17-5-4-16-10-20-23(26)14-21(6-7-21)19(24-27)12-22(23,18(16)11-17)8-9-25(20)13-15-2-3-15/h4-5,11,15,20,26-27H,2-3,6-10,12-14H2,1H3/b24-19-/t20-,22-,23-/m1/s1. The molecule has 5 heteroatoms. The number of hydrogen-bond donors (Lipinski definition) is 2. The predicted octanol–water partition coefficient (Wildman–Crippen LogP) is 3.11. The number of piperidine rings is 1. The maximum Gasteiger partial charge on any atom is 0.119 e. The molecule has 6 rings (SSSR count). The Morgan fingerprint density at radius 2 is 2.07 bits per heavy atom. The van der Waals surface area contributed by atoms with Crippen molar-refractivity contribution in [2.45, 2.75) is 68.4 Å². The second kappa shape index (κ2) is 5.51. The van der Waals surface area contributed by atoms with Crippen LogP contribution in [-0.2, 0) is 11.8 Å². The van der Waals surface area contributed by atoms with Gasteiger partial charge in [-0.25, -0.2) is 0 Å². The van der Waals surface area contributed by atoms with Crippen molar-refractivity contribution in [3.05, 3.63) is 29.3 Å². The van der Waals surface area contributed by atoms with E-state index in [4.69, 9.17) is 4.74 Å². The Morgan fingerprint density at radius 3 is 2.75 bits per heavy atom. The number of oxime groups is 1. The largest absolute Gasteiger partial charge is 0.497 e. The highest BCUT2D eigenvalue weighted by atomic mass is 16.5. The Bertz CT molecular complexity index is 859. The fourth-order valence-electron chi connectivity index (χ4n) is 6.83. The molecule has 5 nitrogen and oxygen atoms in total. The summed E-state index contributed by atoms with van der Waals surface area (Å²) in [4.78, 5) is 2.60. The van der Waals surface area contributed by atoms with Gasteiger partial charge in [0.15, 0.2) is 0 Å². The number of likely N-dealkylation sites (tertiary alicyclic amines) is 1. The van der Waals surface area contributed by atoms with E-state index in [0.717, 1.165) is 62.6 Å². The van der Waals surface area contributed by atoms with Crippen molar-refractivity contribution in [3.63, 3.8) is 0 Å². The van der Waals surface area contributed by atoms with Gasteiger partial charge in [0.25, 0.3) is 0 Å². The summed E-state index contributed by atoms with van der Waals surface area (Å²) in [5.74, 6) is 1.67. The van der Waals surface area contributed by atoms with Gasteiger partial charge in [0.1, 0.15) is 5.75 Å². The lowest BCUT2D eigenvalue weighted by molar-refractivity contribution is -0.162. The van der Waals surface area contributed by atoms with Crippen molar-refractivity contribution in [1.29, 1.82) is 0 Å². The topological polar surface area (TPSA) is 65.3 Å². The summed E-state index contributed by atoms with van der Waals surface area (Å²) in [5, 5.41) is 26.1. The Hall–Kier alpha value is -1.59. The predicted molar refractivity (Wildman–Crippen MR) is 106 cm³/mol. The molecular formula is C23H30N2O3. The van der Waals surface area contributed by atoms with Gasteiger partial charge in [-0.3, -0.25) is 4.90 Å². The SMILES string of the molecule is COc1ccc2c(c1)[C@]13CCN(CC4CC4)[C@H](C2)[C@]1(O)CC1(CC1)/C(=N\O)C3. The number of nitrogens with zero attached hydrogens (tertiary/aromatic N) is 2. The molecule has 1 spiro atoms. The molecule has 2 N–H and O–H groups in total. The van der Waals surface area contributed by atoms with Gasteiger partial charge in [0, 0.05) is 29.8 Å². The van der Waals surface area contributed by atoms with Crippen LogP contribution < -0.4 is 4.74 Å². The number of fused-ring (bicyclic) bond motifs is 1. The first-order valence-corrected chi connectivity index (χ1v) is 10.9. The van der Waals surface area contributed by atoms with E-state index in [1.165, 1.54) is 24.0 Å². The van der Waals surface area contributed by atoms with Gasteiger partial charge in [-0.15, -0.1) is 0 Å². The van der Waals surface area contributed by atoms with E-state index in [0.29, 0.717) is 6.42 Å². The molecule has 0 amide bonds. The quantitative estimate of drug-likeness (QED) is 0.623. The number of ether oxygens (including phenoxy) is 1. The molecular weight excluding hydrogens is 352 g/mol. The summed E-state index contributed by atoms with van der Waals surface area (Å²) in [5.41, 5.74) is 2.29. The second-order valence-corrected chi connectivity index (χ2v) is 10.1. The lowest BCUT2D eigenvalue weighted by Crippen LogP contribution is -2.74. The molecule has 3 saturated carbocycles. The van der Waals surface area contributed by atoms with Gasteiger partial charge >= 0.3 is 0 Å². The van der Waals surface area contributed by atoms with E-state index in [1.807, 2.05) is 6.07 Å². The lowest BCUT2D eigenvalue weighted by atomic mass is 9.47. The van der Waals surface area contributed by atoms with Crippen LogP contribution in [0.3, 0.4) is 0 Å². The van der Waals surface area contributed by atoms with E-state index < -0.39 is 5.60 Å². The highest BCUT2D eigenvalue weighted by molar-refractivity contribution is 5.95. The maximum absolute atomic E-state index is 12.4. The Morgan fingerprint density at radius 1 is 1.25 bits per heavy atom. The summed E-state index contributed by atoms with van der Waals surface area (Å²) < 4.78 is 5.54. The van der Waals surface area contributed by atoms with Crippen molar-refractivity contribution in [3.8, 4) is 5.75 Å². The fourth-order valence-corrected chi connectivity index (χ4v) is 6.83. The summed E-state index contributed by atoms with van der Waals surface area (Å²) in [6.07, 6.45) is 8.01. The van der Waals surface area contributed by atoms with Crippen molar-refractivity contribution in [2.24, 2.45) is 16.5 Å². The molecule has 0 aromatic heterocycles. The monoisotopic (exact) mass is 382 g/mol. The molecule has 2 bridgehead atoms. The minimum atomic E-state index is -0.760. The molecule has 1 aliphatic heterocycles. The number of rotatable bonds is 3. The van der Waals surface area contributed by atoms with Crippen LogP contribution in [0.15, 0.2) is 23.4 Å². The third kappa shape index (κ3) is 2.12. The van der Waals surface area contributed by atoms with Crippen molar-refractivity contribution in [1.82, 2.24) is 4.90 Å². The zero-order valence-electron chi connectivity index (χ0n) is 16.7. The van der Waals surface area contributed by atoms with Crippen LogP contribution in [-0.4, -0.2) is 52.8 Å². The smallest absolute Gasteiger partial charge is 0.119 e. The molecule has 4 fully saturated rings. The minimum absolute atomic E-state index is 0.0653. The maximum atomic E-state index is 12.4. The van der Waals surface area contributed by atoms with Crippen LogP contribution in [0, 0.1) is 11.3 Å². The van der Waals surface area contributed by atoms with Crippen LogP contribution in [0.1, 0.15) is 56.1 Å². The van der Waals surface area contributed by atoms with Gasteiger partial charge < -0.3 is 15.1 Å². The summed E-state index contributed by atoms with van der Waals surface area (Å²) in [6, 6.07) is 6.56. The fraction of sp³-hybridized carbons (Fsp3) is 0.696. The van der Waals surface area contributed by atoms with Gasteiger partial charge in [0.05, 0.1) is 18.4 Å². The number of methoxy groups -OCH3 is 1. The van der Waals surface area contributed by atoms with Gasteiger partial charge in [-0.05, 0) is 80.7 Å². The molecule has 1 saturated heterocycles. The van der Waals surface area contributed by atoms with Gasteiger partial charge in [-0.1, -0.05) is 11.2 Å². The van der Waals surface area contributed by atoms with Crippen LogP contribution in [0.2, 0.25) is 0 Å². The van der Waals surface area contributed by atoms with E-state index in [-0.39, 0.29) is 16.9 Å². The van der Waals surface area contributed by atoms with E-state index in [9.17, 15) is 10.3 Å². The summed E-state index contributed by atoms with van der Waals surface area (Å²) >= 11 is 0. The first kappa shape index (κ1) is 17.3. The average Bonchev–Trinajstić information content (AvgIpc) is 3.61. The minimum Gasteiger partial charge on any atom is -0.497 e. The molecule has 150 valence electrons. The van der Waals surface area contributed by atoms with Crippen molar-refractivity contribution in [2.75, 3.05) is 20.2 Å². The Balaban J connectivity index is 1.52. The lowest BCUT2D eigenvalue weighted by Gasteiger charge is -2.65. The van der Waals surface area contributed by atoms with Crippen LogP contribution in [0.5, 0.6) is 5.75 Å². The third-order valence-electron chi connectivity index (χ3n) is 8.75. The molecule has 4 aliphatic carbocycles. The summed E-state index contributed by atoms with van der Waals surface area (Å²) in [6.45, 7) is 2.15. The van der Waals surface area contributed by atoms with E-state index in [1.54, 1.807) is 7.11 Å². The highest BCUT2D eigenvalue weighted by Gasteiger charge is 2.71. The molecule has 1 aromatic rings. The Kier molecular flexibility index (Phi) is 3.40. The number of benzene rings is 1. The van der Waals surface area contributed by atoms with E-state index >= 15 is 0 Å². The van der Waals surface area contributed by atoms with Crippen molar-refractivity contribution < 1.29 is 15.1 Å². The van der Waals surface area contributed by atoms with Gasteiger partial charge in [0.2, 0.25) is 0 Å². The third-order valence-corrected chi connectivity index (χ3v) is 8.75. The molecule has 3 atom stereocenters. The molecule has 1 heterocycles. The molecule has 5 aliphatic rings. The van der Waals surface area contributed by atoms with Crippen LogP contribution in [0.4, 0.5) is 0 Å². The average molecular weight is 383 g/mol. The second-order valence-electron chi connectivity index (χ2n) is 10.1. The van der Waals surface area contributed by atoms with Gasteiger partial charge in [-0.2, -0.15) is 0 Å². The zero-order valence-corrected chi connectivity index (χ0v) is 16.7. The number of aliphatic hydroxyl groups is 1. The normalized spacial score (nSPS) is 39.5. The van der Waals surface area contributed by atoms with Crippen molar-refractivity contribution >= 4 is 5.71 Å². The Labute approximate surface area is 166 Å².